The van der Waals surface area contributed by atoms with Crippen molar-refractivity contribution in [2.45, 2.75) is 24.1 Å². The Morgan fingerprint density at radius 1 is 1.32 bits per heavy atom. The molecule has 0 unspecified atom stereocenters. The van der Waals surface area contributed by atoms with E-state index in [9.17, 15) is 13.2 Å². The summed E-state index contributed by atoms with van der Waals surface area (Å²) in [5, 5.41) is 7.55. The number of alkyl halides is 3. The van der Waals surface area contributed by atoms with Crippen LogP contribution in [0.2, 0.25) is 0 Å². The molecule has 0 bridgehead atoms. The van der Waals surface area contributed by atoms with Crippen LogP contribution in [-0.4, -0.2) is 10.2 Å². The summed E-state index contributed by atoms with van der Waals surface area (Å²) in [6.07, 6.45) is -4.43. The number of aryl methyl sites for hydroxylation is 1. The average molecular weight is 289 g/mol. The first-order valence-electron chi connectivity index (χ1n) is 5.25. The summed E-state index contributed by atoms with van der Waals surface area (Å²) in [4.78, 5) is 0. The minimum Gasteiger partial charge on any atom is -0.416 e. The van der Waals surface area contributed by atoms with Crippen LogP contribution in [0.3, 0.4) is 0 Å². The van der Waals surface area contributed by atoms with Gasteiger partial charge in [0.2, 0.25) is 5.89 Å². The lowest BCUT2D eigenvalue weighted by Crippen LogP contribution is -2.09. The van der Waals surface area contributed by atoms with Crippen molar-refractivity contribution in [2.24, 2.45) is 0 Å². The first kappa shape index (κ1) is 13.7. The van der Waals surface area contributed by atoms with E-state index >= 15 is 0 Å². The highest BCUT2D eigenvalue weighted by molar-refractivity contribution is 7.98. The Morgan fingerprint density at radius 2 is 2.05 bits per heavy atom. The van der Waals surface area contributed by atoms with E-state index in [0.717, 1.165) is 17.8 Å². The summed E-state index contributed by atoms with van der Waals surface area (Å²) >= 11 is 1.05. The summed E-state index contributed by atoms with van der Waals surface area (Å²) < 4.78 is 43.6. The number of halogens is 3. The number of hydrogen-bond donors (Lipinski definition) is 1. The van der Waals surface area contributed by atoms with Crippen molar-refractivity contribution in [3.05, 3.63) is 35.2 Å². The number of benzene rings is 1. The zero-order valence-electron chi connectivity index (χ0n) is 9.86. The molecule has 8 heteroatoms. The van der Waals surface area contributed by atoms with Crippen molar-refractivity contribution in [3.8, 4) is 0 Å². The van der Waals surface area contributed by atoms with Crippen LogP contribution in [0, 0.1) is 6.92 Å². The monoisotopic (exact) mass is 289 g/mol. The van der Waals surface area contributed by atoms with E-state index in [1.54, 1.807) is 6.92 Å². The number of hydrogen-bond acceptors (Lipinski definition) is 5. The van der Waals surface area contributed by atoms with Gasteiger partial charge in [-0.15, -0.1) is 10.2 Å². The second kappa shape index (κ2) is 5.12. The summed E-state index contributed by atoms with van der Waals surface area (Å²) in [6, 6.07) is 3.72. The molecule has 0 aliphatic rings. The predicted molar refractivity (Wildman–Crippen MR) is 64.5 cm³/mol. The third-order valence-electron chi connectivity index (χ3n) is 2.30. The lowest BCUT2D eigenvalue weighted by atomic mass is 10.1. The van der Waals surface area contributed by atoms with Crippen LogP contribution in [0.5, 0.6) is 0 Å². The van der Waals surface area contributed by atoms with Gasteiger partial charge in [0, 0.05) is 18.4 Å². The van der Waals surface area contributed by atoms with Crippen molar-refractivity contribution >= 4 is 17.4 Å². The third-order valence-corrected chi connectivity index (χ3v) is 3.17. The van der Waals surface area contributed by atoms with Gasteiger partial charge in [0.25, 0.3) is 5.22 Å². The summed E-state index contributed by atoms with van der Waals surface area (Å²) in [5.74, 6) is 0.451. The lowest BCUT2D eigenvalue weighted by Gasteiger charge is -2.12. The van der Waals surface area contributed by atoms with Crippen molar-refractivity contribution in [3.63, 3.8) is 0 Å². The van der Waals surface area contributed by atoms with Gasteiger partial charge in [-0.2, -0.15) is 13.2 Å². The maximum atomic E-state index is 12.8. The van der Waals surface area contributed by atoms with Gasteiger partial charge in [-0.25, -0.2) is 0 Å². The van der Waals surface area contributed by atoms with Crippen molar-refractivity contribution in [1.29, 1.82) is 0 Å². The van der Waals surface area contributed by atoms with E-state index in [2.05, 4.69) is 10.2 Å². The number of anilines is 1. The number of rotatable bonds is 3. The molecule has 0 atom stereocenters. The van der Waals surface area contributed by atoms with Crippen LogP contribution < -0.4 is 5.73 Å². The molecule has 0 spiro atoms. The molecular weight excluding hydrogens is 279 g/mol. The summed E-state index contributed by atoms with van der Waals surface area (Å²) in [7, 11) is 0. The fourth-order valence-corrected chi connectivity index (χ4v) is 2.27. The largest absolute Gasteiger partial charge is 0.416 e. The van der Waals surface area contributed by atoms with Gasteiger partial charge in [-0.3, -0.25) is 0 Å². The molecule has 0 saturated heterocycles. The van der Waals surface area contributed by atoms with Crippen LogP contribution in [0.25, 0.3) is 0 Å². The van der Waals surface area contributed by atoms with Gasteiger partial charge < -0.3 is 10.2 Å². The fraction of sp³-hybridized carbons (Fsp3) is 0.273. The first-order valence-corrected chi connectivity index (χ1v) is 6.23. The van der Waals surface area contributed by atoms with E-state index in [-0.39, 0.29) is 22.2 Å². The van der Waals surface area contributed by atoms with Gasteiger partial charge in [0.05, 0.1) is 5.56 Å². The van der Waals surface area contributed by atoms with Crippen LogP contribution in [0.15, 0.2) is 27.8 Å². The number of nitrogens with two attached hydrogens (primary N) is 1. The highest BCUT2D eigenvalue weighted by Gasteiger charge is 2.33. The number of thioether (sulfide) groups is 1. The Balaban J connectivity index is 2.20. The summed E-state index contributed by atoms with van der Waals surface area (Å²) in [6.45, 7) is 1.61. The fourth-order valence-electron chi connectivity index (χ4n) is 1.46. The van der Waals surface area contributed by atoms with E-state index in [0.29, 0.717) is 5.89 Å². The molecule has 0 fully saturated rings. The molecule has 0 aliphatic carbocycles. The highest BCUT2D eigenvalue weighted by atomic mass is 32.2. The Kier molecular flexibility index (Phi) is 3.70. The van der Waals surface area contributed by atoms with Crippen LogP contribution >= 0.6 is 11.8 Å². The van der Waals surface area contributed by atoms with Crippen LogP contribution in [-0.2, 0) is 11.9 Å². The zero-order valence-corrected chi connectivity index (χ0v) is 10.7. The van der Waals surface area contributed by atoms with E-state index in [4.69, 9.17) is 10.2 Å². The Morgan fingerprint density at radius 3 is 2.63 bits per heavy atom. The Labute approximate surface area is 111 Å². The molecule has 4 nitrogen and oxygen atoms in total. The Hall–Kier alpha value is -1.70. The lowest BCUT2D eigenvalue weighted by molar-refractivity contribution is -0.138. The summed E-state index contributed by atoms with van der Waals surface area (Å²) in [5.41, 5.74) is 4.85. The molecular formula is C11H10F3N3OS. The maximum absolute atomic E-state index is 12.8. The second-order valence-corrected chi connectivity index (χ2v) is 4.72. The minimum absolute atomic E-state index is 0.0784. The van der Waals surface area contributed by atoms with Gasteiger partial charge in [-0.05, 0) is 17.7 Å². The van der Waals surface area contributed by atoms with Gasteiger partial charge in [0.1, 0.15) is 0 Å². The molecule has 19 heavy (non-hydrogen) atoms. The van der Waals surface area contributed by atoms with E-state index < -0.39 is 11.7 Å². The molecule has 2 aromatic rings. The Bertz CT molecular complexity index is 583. The normalized spacial score (nSPS) is 11.8. The molecule has 102 valence electrons. The quantitative estimate of drug-likeness (QED) is 0.694. The maximum Gasteiger partial charge on any atom is 0.416 e. The molecule has 2 rings (SSSR count). The topological polar surface area (TPSA) is 64.9 Å². The predicted octanol–water partition coefficient (Wildman–Crippen LogP) is 3.27. The molecule has 2 N–H and O–H groups in total. The van der Waals surface area contributed by atoms with Crippen molar-refractivity contribution in [2.75, 3.05) is 5.73 Å². The highest BCUT2D eigenvalue weighted by Crippen LogP contribution is 2.35. The van der Waals surface area contributed by atoms with Gasteiger partial charge in [-0.1, -0.05) is 17.8 Å². The minimum atomic E-state index is -4.43. The molecule has 0 radical (unpaired) electrons. The number of nitrogens with zero attached hydrogens (tertiary/aromatic N) is 2. The van der Waals surface area contributed by atoms with Crippen molar-refractivity contribution < 1.29 is 17.6 Å². The molecule has 1 heterocycles. The van der Waals surface area contributed by atoms with Gasteiger partial charge in [0.15, 0.2) is 0 Å². The van der Waals surface area contributed by atoms with Crippen molar-refractivity contribution in [1.82, 2.24) is 10.2 Å². The smallest absolute Gasteiger partial charge is 0.416 e. The molecule has 0 aliphatic heterocycles. The molecule has 1 aromatic heterocycles. The molecule has 0 amide bonds. The molecule has 0 saturated carbocycles. The zero-order chi connectivity index (χ0) is 14.0. The average Bonchev–Trinajstić information content (AvgIpc) is 2.72. The van der Waals surface area contributed by atoms with Crippen LogP contribution in [0.4, 0.5) is 18.9 Å². The number of aromatic nitrogens is 2. The van der Waals surface area contributed by atoms with Gasteiger partial charge >= 0.3 is 6.18 Å². The van der Waals surface area contributed by atoms with E-state index in [1.807, 2.05) is 0 Å². The third kappa shape index (κ3) is 3.40. The standard InChI is InChI=1S/C11H10F3N3OS/c1-6-16-17-10(18-6)19-5-7-2-3-8(15)4-9(7)11(12,13)14/h2-4H,5,15H2,1H3. The first-order chi connectivity index (χ1) is 8.86. The number of nitrogen functional groups attached to an aromatic ring is 1. The second-order valence-electron chi connectivity index (χ2n) is 3.79. The van der Waals surface area contributed by atoms with E-state index in [1.165, 1.54) is 12.1 Å². The van der Waals surface area contributed by atoms with Crippen LogP contribution in [0.1, 0.15) is 17.0 Å². The molecule has 1 aromatic carbocycles. The SMILES string of the molecule is Cc1nnc(SCc2ccc(N)cc2C(F)(F)F)o1.